The Hall–Kier alpha value is -0.0800. The Bertz CT molecular complexity index is 227. The van der Waals surface area contributed by atoms with Gasteiger partial charge in [0.05, 0.1) is 0 Å². The molecule has 1 N–H and O–H groups in total. The molecule has 18 heavy (non-hydrogen) atoms. The molecule has 0 aromatic rings. The standard InChI is InChI=1S/C16H34N2/c1-7-13(5)10-18-11-15(14(6)8-2)17-9-16(18)12(3)4/h12-17H,7-11H2,1-6H3. The number of rotatable bonds is 6. The first-order valence-electron chi connectivity index (χ1n) is 7.96. The summed E-state index contributed by atoms with van der Waals surface area (Å²) in [6.07, 6.45) is 2.57. The van der Waals surface area contributed by atoms with Crippen LogP contribution in [0, 0.1) is 17.8 Å². The Labute approximate surface area is 115 Å². The smallest absolute Gasteiger partial charge is 0.0244 e. The van der Waals surface area contributed by atoms with Crippen molar-refractivity contribution in [1.29, 1.82) is 0 Å². The first-order valence-corrected chi connectivity index (χ1v) is 7.96. The van der Waals surface area contributed by atoms with E-state index in [4.69, 9.17) is 0 Å². The average Bonchev–Trinajstić information content (AvgIpc) is 2.37. The van der Waals surface area contributed by atoms with Crippen LogP contribution in [0.3, 0.4) is 0 Å². The van der Waals surface area contributed by atoms with E-state index in [0.29, 0.717) is 6.04 Å². The van der Waals surface area contributed by atoms with E-state index in [0.717, 1.165) is 23.8 Å². The highest BCUT2D eigenvalue weighted by Gasteiger charge is 2.31. The second-order valence-electron chi connectivity index (χ2n) is 6.68. The summed E-state index contributed by atoms with van der Waals surface area (Å²) < 4.78 is 0. The van der Waals surface area contributed by atoms with Crippen molar-refractivity contribution in [2.45, 2.75) is 66.5 Å². The Kier molecular flexibility index (Phi) is 6.65. The molecule has 0 aromatic heterocycles. The minimum atomic E-state index is 0.689. The van der Waals surface area contributed by atoms with Gasteiger partial charge in [-0.05, 0) is 17.8 Å². The number of hydrogen-bond donors (Lipinski definition) is 1. The molecule has 1 aliphatic rings. The molecule has 1 heterocycles. The van der Waals surface area contributed by atoms with Gasteiger partial charge in [0.25, 0.3) is 0 Å². The van der Waals surface area contributed by atoms with Crippen LogP contribution in [0.2, 0.25) is 0 Å². The molecule has 2 nitrogen and oxygen atoms in total. The SMILES string of the molecule is CCC(C)CN1CC(C(C)CC)NCC1C(C)C. The number of nitrogens with zero attached hydrogens (tertiary/aromatic N) is 1. The molecule has 0 aromatic carbocycles. The van der Waals surface area contributed by atoms with E-state index in [1.165, 1.54) is 32.5 Å². The van der Waals surface area contributed by atoms with Crippen LogP contribution in [0.15, 0.2) is 0 Å². The van der Waals surface area contributed by atoms with Crippen LogP contribution < -0.4 is 5.32 Å². The van der Waals surface area contributed by atoms with Gasteiger partial charge in [-0.25, -0.2) is 0 Å². The van der Waals surface area contributed by atoms with E-state index in [-0.39, 0.29) is 0 Å². The Morgan fingerprint density at radius 3 is 2.28 bits per heavy atom. The summed E-state index contributed by atoms with van der Waals surface area (Å²) in [7, 11) is 0. The molecule has 1 fully saturated rings. The van der Waals surface area contributed by atoms with Gasteiger partial charge < -0.3 is 5.32 Å². The minimum absolute atomic E-state index is 0.689. The highest BCUT2D eigenvalue weighted by atomic mass is 15.2. The van der Waals surface area contributed by atoms with Crippen molar-refractivity contribution < 1.29 is 0 Å². The predicted molar refractivity (Wildman–Crippen MR) is 80.9 cm³/mol. The normalized spacial score (nSPS) is 29.5. The summed E-state index contributed by atoms with van der Waals surface area (Å²) in [4.78, 5) is 2.76. The van der Waals surface area contributed by atoms with Gasteiger partial charge in [0.1, 0.15) is 0 Å². The summed E-state index contributed by atoms with van der Waals surface area (Å²) in [5.41, 5.74) is 0. The molecule has 0 spiro atoms. The lowest BCUT2D eigenvalue weighted by Gasteiger charge is -2.45. The third kappa shape index (κ3) is 4.24. The van der Waals surface area contributed by atoms with Crippen LogP contribution >= 0.6 is 0 Å². The average molecular weight is 254 g/mol. The van der Waals surface area contributed by atoms with Crippen molar-refractivity contribution in [2.24, 2.45) is 17.8 Å². The van der Waals surface area contributed by atoms with Crippen molar-refractivity contribution >= 4 is 0 Å². The first kappa shape index (κ1) is 16.0. The summed E-state index contributed by atoms with van der Waals surface area (Å²) in [5.74, 6) is 2.36. The zero-order chi connectivity index (χ0) is 13.7. The lowest BCUT2D eigenvalue weighted by Crippen LogP contribution is -2.60. The van der Waals surface area contributed by atoms with E-state index in [2.05, 4.69) is 51.8 Å². The van der Waals surface area contributed by atoms with Crippen LogP contribution in [0.5, 0.6) is 0 Å². The van der Waals surface area contributed by atoms with E-state index in [9.17, 15) is 0 Å². The molecule has 1 rings (SSSR count). The lowest BCUT2D eigenvalue weighted by molar-refractivity contribution is 0.0688. The number of hydrogen-bond acceptors (Lipinski definition) is 2. The minimum Gasteiger partial charge on any atom is -0.311 e. The summed E-state index contributed by atoms with van der Waals surface area (Å²) in [6.45, 7) is 17.8. The molecule has 0 amide bonds. The molecule has 4 unspecified atom stereocenters. The molecule has 4 atom stereocenters. The Morgan fingerprint density at radius 2 is 1.78 bits per heavy atom. The molecule has 2 heteroatoms. The van der Waals surface area contributed by atoms with Crippen LogP contribution in [0.25, 0.3) is 0 Å². The monoisotopic (exact) mass is 254 g/mol. The summed E-state index contributed by atoms with van der Waals surface area (Å²) >= 11 is 0. The third-order valence-electron chi connectivity index (χ3n) is 4.83. The molecule has 1 saturated heterocycles. The molecule has 108 valence electrons. The lowest BCUT2D eigenvalue weighted by atomic mass is 9.91. The van der Waals surface area contributed by atoms with Crippen LogP contribution in [-0.2, 0) is 0 Å². The number of nitrogens with one attached hydrogen (secondary N) is 1. The van der Waals surface area contributed by atoms with Crippen LogP contribution in [-0.4, -0.2) is 36.6 Å². The first-order chi connectivity index (χ1) is 8.49. The maximum atomic E-state index is 3.78. The van der Waals surface area contributed by atoms with Gasteiger partial charge in [-0.2, -0.15) is 0 Å². The van der Waals surface area contributed by atoms with Crippen molar-refractivity contribution in [3.63, 3.8) is 0 Å². The largest absolute Gasteiger partial charge is 0.311 e. The van der Waals surface area contributed by atoms with Crippen molar-refractivity contribution in [3.05, 3.63) is 0 Å². The topological polar surface area (TPSA) is 15.3 Å². The maximum absolute atomic E-state index is 3.78. The van der Waals surface area contributed by atoms with Gasteiger partial charge in [-0.15, -0.1) is 0 Å². The van der Waals surface area contributed by atoms with Crippen LogP contribution in [0.4, 0.5) is 0 Å². The van der Waals surface area contributed by atoms with Crippen molar-refractivity contribution in [3.8, 4) is 0 Å². The highest BCUT2D eigenvalue weighted by molar-refractivity contribution is 4.90. The quantitative estimate of drug-likeness (QED) is 0.782. The summed E-state index contributed by atoms with van der Waals surface area (Å²) in [5, 5.41) is 3.78. The zero-order valence-electron chi connectivity index (χ0n) is 13.4. The molecule has 1 aliphatic heterocycles. The molecular formula is C16H34N2. The molecule has 0 radical (unpaired) electrons. The fourth-order valence-electron chi connectivity index (χ4n) is 2.92. The maximum Gasteiger partial charge on any atom is 0.0244 e. The fourth-order valence-corrected chi connectivity index (χ4v) is 2.92. The zero-order valence-corrected chi connectivity index (χ0v) is 13.4. The second kappa shape index (κ2) is 7.49. The van der Waals surface area contributed by atoms with Gasteiger partial charge >= 0.3 is 0 Å². The third-order valence-corrected chi connectivity index (χ3v) is 4.83. The van der Waals surface area contributed by atoms with Gasteiger partial charge in [0, 0.05) is 31.7 Å². The van der Waals surface area contributed by atoms with Gasteiger partial charge in [-0.1, -0.05) is 54.4 Å². The highest BCUT2D eigenvalue weighted by Crippen LogP contribution is 2.21. The van der Waals surface area contributed by atoms with E-state index >= 15 is 0 Å². The van der Waals surface area contributed by atoms with Crippen LogP contribution in [0.1, 0.15) is 54.4 Å². The number of piperazine rings is 1. The van der Waals surface area contributed by atoms with Crippen molar-refractivity contribution in [2.75, 3.05) is 19.6 Å². The molecule has 0 aliphatic carbocycles. The fraction of sp³-hybridized carbons (Fsp3) is 1.00. The van der Waals surface area contributed by atoms with E-state index in [1.807, 2.05) is 0 Å². The van der Waals surface area contributed by atoms with E-state index in [1.54, 1.807) is 0 Å². The second-order valence-corrected chi connectivity index (χ2v) is 6.68. The summed E-state index contributed by atoms with van der Waals surface area (Å²) in [6, 6.07) is 1.41. The Balaban J connectivity index is 2.64. The molecule has 0 saturated carbocycles. The van der Waals surface area contributed by atoms with Gasteiger partial charge in [0.15, 0.2) is 0 Å². The van der Waals surface area contributed by atoms with E-state index < -0.39 is 0 Å². The van der Waals surface area contributed by atoms with Crippen molar-refractivity contribution in [1.82, 2.24) is 10.2 Å². The van der Waals surface area contributed by atoms with Gasteiger partial charge in [0.2, 0.25) is 0 Å². The predicted octanol–water partition coefficient (Wildman–Crippen LogP) is 3.38. The molecular weight excluding hydrogens is 220 g/mol. The molecule has 0 bridgehead atoms. The Morgan fingerprint density at radius 1 is 1.11 bits per heavy atom. The van der Waals surface area contributed by atoms with Gasteiger partial charge in [-0.3, -0.25) is 4.90 Å².